The number of anilines is 1. The van der Waals surface area contributed by atoms with Gasteiger partial charge in [0.05, 0.1) is 22.3 Å². The molecule has 4 rings (SSSR count). The summed E-state index contributed by atoms with van der Waals surface area (Å²) in [4.78, 5) is 26.6. The number of benzene rings is 2. The molecule has 3 N–H and O–H groups in total. The molecule has 0 spiro atoms. The topological polar surface area (TPSA) is 88.6 Å². The lowest BCUT2D eigenvalue weighted by Crippen LogP contribution is -2.53. The number of pyridine rings is 1. The van der Waals surface area contributed by atoms with Crippen molar-refractivity contribution < 1.29 is 23.1 Å². The number of hydrogen-bond acceptors (Lipinski definition) is 4. The summed E-state index contributed by atoms with van der Waals surface area (Å²) >= 11 is 0. The van der Waals surface area contributed by atoms with Gasteiger partial charge in [0, 0.05) is 37.0 Å². The molecule has 34 heavy (non-hydrogen) atoms. The molecule has 1 fully saturated rings. The zero-order chi connectivity index (χ0) is 24.9. The van der Waals surface area contributed by atoms with E-state index >= 15 is 4.39 Å². The molecule has 1 aromatic heterocycles. The number of aromatic carboxylic acids is 1. The molecule has 180 valence electrons. The Bertz CT molecular complexity index is 1370. The first-order valence-corrected chi connectivity index (χ1v) is 11.1. The third-order valence-corrected chi connectivity index (χ3v) is 6.69. The van der Waals surface area contributed by atoms with Crippen LogP contribution in [-0.2, 0) is 6.42 Å². The number of aryl methyl sites for hydroxylation is 1. The Morgan fingerprint density at radius 2 is 1.91 bits per heavy atom. The van der Waals surface area contributed by atoms with E-state index in [4.69, 9.17) is 5.73 Å². The van der Waals surface area contributed by atoms with Crippen molar-refractivity contribution in [2.45, 2.75) is 39.7 Å². The van der Waals surface area contributed by atoms with Gasteiger partial charge in [-0.3, -0.25) is 4.79 Å². The number of carboxylic acid groups (broad SMARTS) is 1. The predicted molar refractivity (Wildman–Crippen MR) is 124 cm³/mol. The Kier molecular flexibility index (Phi) is 5.93. The molecule has 0 bridgehead atoms. The summed E-state index contributed by atoms with van der Waals surface area (Å²) in [7, 11) is 0. The summed E-state index contributed by atoms with van der Waals surface area (Å²) in [5.41, 5.74) is 5.17. The number of hydrogen-bond donors (Lipinski definition) is 2. The molecule has 3 aromatic rings. The van der Waals surface area contributed by atoms with Gasteiger partial charge in [-0.15, -0.1) is 0 Å². The Morgan fingerprint density at radius 1 is 1.21 bits per heavy atom. The molecule has 1 aliphatic rings. The molecule has 1 saturated heterocycles. The van der Waals surface area contributed by atoms with E-state index in [1.54, 1.807) is 6.92 Å². The highest BCUT2D eigenvalue weighted by atomic mass is 19.1. The van der Waals surface area contributed by atoms with Crippen LogP contribution in [0.3, 0.4) is 0 Å². The van der Waals surface area contributed by atoms with Gasteiger partial charge in [0.1, 0.15) is 23.0 Å². The minimum absolute atomic E-state index is 0.0676. The Hall–Kier alpha value is -3.33. The Morgan fingerprint density at radius 3 is 2.50 bits per heavy atom. The summed E-state index contributed by atoms with van der Waals surface area (Å²) < 4.78 is 45.2. The summed E-state index contributed by atoms with van der Waals surface area (Å²) in [6, 6.07) is 3.81. The lowest BCUT2D eigenvalue weighted by Gasteiger charge is -2.44. The average molecular weight is 473 g/mol. The van der Waals surface area contributed by atoms with Gasteiger partial charge in [-0.1, -0.05) is 20.8 Å². The minimum Gasteiger partial charge on any atom is -0.477 e. The molecular weight excluding hydrogens is 447 g/mol. The predicted octanol–water partition coefficient (Wildman–Crippen LogP) is 4.23. The van der Waals surface area contributed by atoms with Crippen molar-refractivity contribution >= 4 is 22.6 Å². The van der Waals surface area contributed by atoms with Gasteiger partial charge in [0.2, 0.25) is 5.43 Å². The van der Waals surface area contributed by atoms with Crippen LogP contribution < -0.4 is 16.1 Å². The van der Waals surface area contributed by atoms with E-state index in [0.717, 1.165) is 24.4 Å². The van der Waals surface area contributed by atoms with Crippen LogP contribution in [0.2, 0.25) is 0 Å². The van der Waals surface area contributed by atoms with E-state index in [2.05, 4.69) is 0 Å². The molecule has 1 unspecified atom stereocenters. The molecule has 0 aliphatic carbocycles. The lowest BCUT2D eigenvalue weighted by molar-refractivity contribution is 0.0695. The molecule has 6 nitrogen and oxygen atoms in total. The number of carbonyl (C=O) groups is 1. The highest BCUT2D eigenvalue weighted by Crippen LogP contribution is 2.38. The zero-order valence-corrected chi connectivity index (χ0v) is 19.2. The summed E-state index contributed by atoms with van der Waals surface area (Å²) in [6.45, 7) is 6.72. The zero-order valence-electron chi connectivity index (χ0n) is 19.2. The molecule has 1 aliphatic heterocycles. The third-order valence-electron chi connectivity index (χ3n) is 6.69. The number of halogens is 3. The third kappa shape index (κ3) is 3.83. The van der Waals surface area contributed by atoms with Gasteiger partial charge >= 0.3 is 5.97 Å². The summed E-state index contributed by atoms with van der Waals surface area (Å²) in [5, 5.41) is 9.38. The van der Waals surface area contributed by atoms with Gasteiger partial charge < -0.3 is 20.3 Å². The molecular formula is C25H26F3N3O3. The van der Waals surface area contributed by atoms with E-state index in [0.29, 0.717) is 31.1 Å². The number of fused-ring (bicyclic) bond motifs is 1. The van der Waals surface area contributed by atoms with Crippen molar-refractivity contribution in [3.05, 3.63) is 69.3 Å². The van der Waals surface area contributed by atoms with Crippen LogP contribution in [0.25, 0.3) is 16.6 Å². The van der Waals surface area contributed by atoms with Crippen molar-refractivity contribution in [1.29, 1.82) is 0 Å². The van der Waals surface area contributed by atoms with Gasteiger partial charge in [-0.05, 0) is 36.5 Å². The fourth-order valence-electron chi connectivity index (χ4n) is 4.79. The summed E-state index contributed by atoms with van der Waals surface area (Å²) in [6.07, 6.45) is 1.92. The maximum Gasteiger partial charge on any atom is 0.341 e. The number of nitrogens with zero attached hydrogens (tertiary/aromatic N) is 2. The van der Waals surface area contributed by atoms with Gasteiger partial charge in [0.15, 0.2) is 0 Å². The van der Waals surface area contributed by atoms with Crippen LogP contribution in [0.5, 0.6) is 0 Å². The van der Waals surface area contributed by atoms with E-state index in [9.17, 15) is 23.5 Å². The molecule has 2 heterocycles. The molecule has 9 heteroatoms. The standard InChI is InChI=1S/C25H26F3N3O3/c1-4-14-21-15(10-18(28)22(14)30-8-7-20(29)25(2,3)12-30)23(32)16(24(33)34)11-31(21)19-6-5-13(26)9-17(19)27/h5-6,9-11,20H,4,7-8,12,29H2,1-3H3,(H,33,34). The lowest BCUT2D eigenvalue weighted by atomic mass is 9.79. The molecule has 0 amide bonds. The average Bonchev–Trinajstić information content (AvgIpc) is 2.75. The van der Waals surface area contributed by atoms with Gasteiger partial charge in [0.25, 0.3) is 0 Å². The maximum absolute atomic E-state index is 15.6. The highest BCUT2D eigenvalue weighted by Gasteiger charge is 2.36. The smallest absolute Gasteiger partial charge is 0.341 e. The monoisotopic (exact) mass is 473 g/mol. The van der Waals surface area contributed by atoms with Crippen molar-refractivity contribution in [1.82, 2.24) is 4.57 Å². The van der Waals surface area contributed by atoms with Gasteiger partial charge in [-0.25, -0.2) is 18.0 Å². The molecule has 0 radical (unpaired) electrons. The highest BCUT2D eigenvalue weighted by molar-refractivity contribution is 5.96. The number of aromatic nitrogens is 1. The van der Waals surface area contributed by atoms with Crippen LogP contribution in [0.1, 0.15) is 43.1 Å². The minimum atomic E-state index is -1.53. The molecule has 2 aromatic carbocycles. The fraction of sp³-hybridized carbons (Fsp3) is 0.360. The van der Waals surface area contributed by atoms with Gasteiger partial charge in [-0.2, -0.15) is 0 Å². The number of piperidine rings is 1. The van der Waals surface area contributed by atoms with Crippen LogP contribution in [0.15, 0.2) is 35.3 Å². The van der Waals surface area contributed by atoms with E-state index in [1.807, 2.05) is 18.7 Å². The maximum atomic E-state index is 15.6. The Labute approximate surface area is 194 Å². The van der Waals surface area contributed by atoms with Crippen molar-refractivity contribution in [2.75, 3.05) is 18.0 Å². The number of rotatable bonds is 4. The SMILES string of the molecule is CCc1c(N2CCC(N)C(C)(C)C2)c(F)cc2c(=O)c(C(=O)O)cn(-c3ccc(F)cc3F)c12. The second kappa shape index (κ2) is 8.47. The molecule has 0 saturated carbocycles. The van der Waals surface area contributed by atoms with Crippen molar-refractivity contribution in [2.24, 2.45) is 11.1 Å². The normalized spacial score (nSPS) is 17.9. The van der Waals surface area contributed by atoms with E-state index < -0.39 is 34.4 Å². The van der Waals surface area contributed by atoms with Crippen LogP contribution >= 0.6 is 0 Å². The van der Waals surface area contributed by atoms with Crippen LogP contribution in [0, 0.1) is 22.9 Å². The molecule has 1 atom stereocenters. The largest absolute Gasteiger partial charge is 0.477 e. The van der Waals surface area contributed by atoms with Crippen LogP contribution in [-0.4, -0.2) is 34.8 Å². The van der Waals surface area contributed by atoms with Crippen LogP contribution in [0.4, 0.5) is 18.9 Å². The Balaban J connectivity index is 2.10. The second-order valence-electron chi connectivity index (χ2n) is 9.38. The quantitative estimate of drug-likeness (QED) is 0.592. The van der Waals surface area contributed by atoms with E-state index in [-0.39, 0.29) is 40.2 Å². The first-order valence-electron chi connectivity index (χ1n) is 11.1. The van der Waals surface area contributed by atoms with E-state index in [1.165, 1.54) is 4.57 Å². The first-order chi connectivity index (χ1) is 16.0. The number of carboxylic acids is 1. The second-order valence-corrected chi connectivity index (χ2v) is 9.38. The number of nitrogens with two attached hydrogens (primary N) is 1. The first kappa shape index (κ1) is 23.8. The summed E-state index contributed by atoms with van der Waals surface area (Å²) in [5.74, 6) is -3.95. The van der Waals surface area contributed by atoms with Crippen molar-refractivity contribution in [3.63, 3.8) is 0 Å². The fourth-order valence-corrected chi connectivity index (χ4v) is 4.79. The van der Waals surface area contributed by atoms with Crippen molar-refractivity contribution in [3.8, 4) is 5.69 Å².